The van der Waals surface area contributed by atoms with Crippen LogP contribution < -0.4 is 22.9 Å². The van der Waals surface area contributed by atoms with Crippen LogP contribution in [0.15, 0.2) is 25.3 Å². The summed E-state index contributed by atoms with van der Waals surface area (Å²) in [5.74, 6) is -11.0. The molecule has 2 aliphatic heterocycles. The fourth-order valence-corrected chi connectivity index (χ4v) is 5.09. The highest BCUT2D eigenvalue weighted by Gasteiger charge is 2.53. The van der Waals surface area contributed by atoms with Crippen LogP contribution in [-0.4, -0.2) is 213 Å². The molecule has 0 bridgehead atoms. The largest absolute Gasteiger partial charge is 0.490 e. The highest BCUT2D eigenvalue weighted by molar-refractivity contribution is 5.74. The number of nitrogens with two attached hydrogens (primary N) is 4. The number of carboxylic acids is 4. The lowest BCUT2D eigenvalue weighted by Gasteiger charge is -2.49. The van der Waals surface area contributed by atoms with E-state index in [-0.39, 0.29) is 26.2 Å². The molecule has 3 aliphatic rings. The Morgan fingerprint density at radius 3 is 1.19 bits per heavy atom. The second kappa shape index (κ2) is 28.4. The summed E-state index contributed by atoms with van der Waals surface area (Å²) < 4.78 is 162. The van der Waals surface area contributed by atoms with Crippen LogP contribution in [0.1, 0.15) is 6.42 Å². The molecule has 15 atom stereocenters. The van der Waals surface area contributed by atoms with E-state index in [0.29, 0.717) is 0 Å². The van der Waals surface area contributed by atoms with Gasteiger partial charge in [-0.05, 0) is 6.42 Å². The van der Waals surface area contributed by atoms with E-state index in [1.54, 1.807) is 0 Å². The number of aliphatic hydroxyl groups excluding tert-OH is 5. The molecule has 0 spiro atoms. The number of carbonyl (C=O) groups is 4. The van der Waals surface area contributed by atoms with Gasteiger partial charge in [0.2, 0.25) is 0 Å². The molecule has 17 N–H and O–H groups in total. The van der Waals surface area contributed by atoms with Crippen LogP contribution in [0.2, 0.25) is 0 Å². The zero-order valence-corrected chi connectivity index (χ0v) is 33.7. The Balaban J connectivity index is 0. The monoisotopic (exact) mass is 1020 g/mol. The Bertz CT molecular complexity index is 1450. The summed E-state index contributed by atoms with van der Waals surface area (Å²) in [4.78, 5) is 35.6. The molecule has 1 saturated carbocycles. The van der Waals surface area contributed by atoms with E-state index in [0.717, 1.165) is 0 Å². The molecule has 0 aromatic carbocycles. The minimum absolute atomic E-state index is 0.0315. The SMILES string of the molecule is C=CCO[C@@H]1[C@@H](O[C@H]2O[C@H](CO)[C@@H](O)[C@H](N)[C@H]2O)[C@H](N)C[C@H](N)[C@H]1O[C@H]1O[C@H](CN)[C@@H](O)[C@H](O)[C@H]1OCC=C.O=C(O)C(F)(F)F.O=C(O)C(F)(F)F.O=C(O)C(F)(F)F.O=C(O)C(F)(F)F. The van der Waals surface area contributed by atoms with Crippen LogP contribution >= 0.6 is 0 Å². The Hall–Kier alpha value is -4.08. The van der Waals surface area contributed by atoms with Gasteiger partial charge in [0.15, 0.2) is 12.6 Å². The van der Waals surface area contributed by atoms with Crippen LogP contribution in [-0.2, 0) is 47.6 Å². The molecule has 3 fully saturated rings. The number of alkyl halides is 12. The lowest BCUT2D eigenvalue weighted by molar-refractivity contribution is -0.338. The Kier molecular flexibility index (Phi) is 27.6. The molecule has 1 aliphatic carbocycles. The van der Waals surface area contributed by atoms with E-state index in [4.69, 9.17) is 91.0 Å². The average molecular weight is 1020 g/mol. The first-order valence-corrected chi connectivity index (χ1v) is 17.9. The van der Waals surface area contributed by atoms with Crippen molar-refractivity contribution in [3.05, 3.63) is 25.3 Å². The predicted molar refractivity (Wildman–Crippen MR) is 190 cm³/mol. The van der Waals surface area contributed by atoms with Gasteiger partial charge in [-0.15, -0.1) is 13.2 Å². The van der Waals surface area contributed by atoms with Crippen molar-refractivity contribution >= 4 is 23.9 Å². The van der Waals surface area contributed by atoms with Crippen molar-refractivity contribution in [3.63, 3.8) is 0 Å². The van der Waals surface area contributed by atoms with Gasteiger partial charge >= 0.3 is 48.6 Å². The Morgan fingerprint density at radius 1 is 0.552 bits per heavy atom. The molecule has 0 radical (unpaired) electrons. The van der Waals surface area contributed by atoms with Gasteiger partial charge in [-0.3, -0.25) is 0 Å². The lowest BCUT2D eigenvalue weighted by atomic mass is 9.84. The summed E-state index contributed by atoms with van der Waals surface area (Å²) in [6.07, 6.45) is -31.4. The number of hydrogen-bond acceptors (Lipinski definition) is 19. The van der Waals surface area contributed by atoms with Gasteiger partial charge < -0.3 is 97.3 Å². The van der Waals surface area contributed by atoms with Gasteiger partial charge in [-0.1, -0.05) is 12.2 Å². The fraction of sp³-hybridized carbons (Fsp3) is 0.750. The molecule has 394 valence electrons. The zero-order chi connectivity index (χ0) is 53.2. The molecular formula is C32H48F12N4O19. The number of rotatable bonds is 12. The van der Waals surface area contributed by atoms with Crippen molar-refractivity contribution in [2.75, 3.05) is 26.4 Å². The predicted octanol–water partition coefficient (Wildman–Crippen LogP) is -2.34. The molecule has 0 unspecified atom stereocenters. The maximum absolute atomic E-state index is 10.7. The summed E-state index contributed by atoms with van der Waals surface area (Å²) in [5.41, 5.74) is 24.5. The van der Waals surface area contributed by atoms with E-state index in [2.05, 4.69) is 13.2 Å². The smallest absolute Gasteiger partial charge is 0.475 e. The van der Waals surface area contributed by atoms with Crippen molar-refractivity contribution in [1.29, 1.82) is 0 Å². The molecule has 67 heavy (non-hydrogen) atoms. The molecule has 3 rings (SSSR count). The average Bonchev–Trinajstić information content (AvgIpc) is 3.19. The third-order valence-electron chi connectivity index (χ3n) is 8.22. The first kappa shape index (κ1) is 65.0. The second-order valence-corrected chi connectivity index (χ2v) is 13.2. The number of aliphatic hydroxyl groups is 5. The van der Waals surface area contributed by atoms with Crippen molar-refractivity contribution in [3.8, 4) is 0 Å². The summed E-state index contributed by atoms with van der Waals surface area (Å²) in [6, 6.07) is -2.59. The third kappa shape index (κ3) is 22.3. The second-order valence-electron chi connectivity index (χ2n) is 13.2. The van der Waals surface area contributed by atoms with E-state index in [1.165, 1.54) is 12.2 Å². The number of aliphatic carboxylic acids is 4. The summed E-state index contributed by atoms with van der Waals surface area (Å²) in [6.45, 7) is 6.67. The van der Waals surface area contributed by atoms with E-state index in [9.17, 15) is 78.2 Å². The van der Waals surface area contributed by atoms with Gasteiger partial charge in [-0.2, -0.15) is 52.7 Å². The maximum Gasteiger partial charge on any atom is 0.490 e. The molecule has 2 heterocycles. The summed E-state index contributed by atoms with van der Waals surface area (Å²) >= 11 is 0. The minimum Gasteiger partial charge on any atom is -0.475 e. The Morgan fingerprint density at radius 2 is 0.881 bits per heavy atom. The van der Waals surface area contributed by atoms with E-state index < -0.39 is 147 Å². The van der Waals surface area contributed by atoms with Crippen molar-refractivity contribution in [1.82, 2.24) is 0 Å². The first-order chi connectivity index (χ1) is 30.4. The van der Waals surface area contributed by atoms with Gasteiger partial charge in [0, 0.05) is 18.6 Å². The highest BCUT2D eigenvalue weighted by Crippen LogP contribution is 2.33. The third-order valence-corrected chi connectivity index (χ3v) is 8.22. The molecule has 23 nitrogen and oxygen atoms in total. The van der Waals surface area contributed by atoms with Crippen LogP contribution in [0.25, 0.3) is 0 Å². The van der Waals surface area contributed by atoms with Crippen LogP contribution in [0, 0.1) is 0 Å². The Labute approximate surface area is 368 Å². The summed E-state index contributed by atoms with van der Waals surface area (Å²) in [7, 11) is 0. The number of ether oxygens (including phenoxy) is 6. The van der Waals surface area contributed by atoms with E-state index in [1.807, 2.05) is 0 Å². The fourth-order valence-electron chi connectivity index (χ4n) is 5.09. The minimum atomic E-state index is -5.08. The quantitative estimate of drug-likeness (QED) is 0.0720. The standard InChI is InChI=1S/C24H44N4O11.4C2HF3O2/c1-3-5-34-21-18(33)16(31)12(8-25)36-24(21)39-20-11(27)7-10(26)19(22(20)35-6-4-2)38-23-17(32)14(28)15(30)13(9-29)37-23;4*3-2(4,5)1(6)7/h3-4,10-24,29-33H,1-2,5-9,25-28H2;4*(H,6,7)/t10-,11+,12-,13-,14+,15-,16-,17-,18+,19+,20-,21-,22-,23-,24-;;;;/m1..../s1. The van der Waals surface area contributed by atoms with Gasteiger partial charge in [0.05, 0.1) is 25.9 Å². The van der Waals surface area contributed by atoms with Gasteiger partial charge in [0.25, 0.3) is 0 Å². The van der Waals surface area contributed by atoms with Crippen molar-refractivity contribution < 1.29 is 146 Å². The molecule has 0 aromatic rings. The zero-order valence-electron chi connectivity index (χ0n) is 33.7. The molecule has 0 aromatic heterocycles. The molecule has 35 heteroatoms. The molecule has 2 saturated heterocycles. The van der Waals surface area contributed by atoms with Crippen LogP contribution in [0.3, 0.4) is 0 Å². The van der Waals surface area contributed by atoms with E-state index >= 15 is 0 Å². The summed E-state index contributed by atoms with van der Waals surface area (Å²) in [5, 5.41) is 80.0. The van der Waals surface area contributed by atoms with Gasteiger partial charge in [-0.25, -0.2) is 19.2 Å². The number of halogens is 12. The maximum atomic E-state index is 10.7. The molecule has 0 amide bonds. The topological polar surface area (TPSA) is 410 Å². The van der Waals surface area contributed by atoms with Gasteiger partial charge in [0.1, 0.15) is 61.0 Å². The lowest BCUT2D eigenvalue weighted by Crippen LogP contribution is -2.69. The van der Waals surface area contributed by atoms with Crippen molar-refractivity contribution in [2.24, 2.45) is 22.9 Å². The highest BCUT2D eigenvalue weighted by atomic mass is 19.4. The van der Waals surface area contributed by atoms with Crippen LogP contribution in [0.4, 0.5) is 52.7 Å². The first-order valence-electron chi connectivity index (χ1n) is 17.9. The van der Waals surface area contributed by atoms with Crippen LogP contribution in [0.5, 0.6) is 0 Å². The number of hydrogen-bond donors (Lipinski definition) is 13. The normalized spacial score (nSPS) is 32.1. The number of carboxylic acid groups (broad SMARTS) is 4. The molecular weight excluding hydrogens is 972 g/mol. The van der Waals surface area contributed by atoms with Crippen molar-refractivity contribution in [2.45, 2.75) is 123 Å².